The number of aliphatic carboxylic acids is 1. The van der Waals surface area contributed by atoms with E-state index in [4.69, 9.17) is 0 Å². The monoisotopic (exact) mass is 282 g/mol. The van der Waals surface area contributed by atoms with E-state index in [1.54, 1.807) is 4.90 Å². The molecule has 1 aliphatic heterocycles. The lowest BCUT2D eigenvalue weighted by molar-refractivity contribution is -0.153. The molecule has 2 unspecified atom stereocenters. The van der Waals surface area contributed by atoms with Crippen molar-refractivity contribution in [3.63, 3.8) is 0 Å². The molecule has 0 aromatic carbocycles. The Kier molecular flexibility index (Phi) is 3.89. The van der Waals surface area contributed by atoms with Crippen LogP contribution in [0.15, 0.2) is 5.38 Å². The van der Waals surface area contributed by atoms with Crippen molar-refractivity contribution in [2.45, 2.75) is 45.7 Å². The number of hydrogen-bond acceptors (Lipinski definition) is 4. The van der Waals surface area contributed by atoms with Crippen molar-refractivity contribution in [1.29, 1.82) is 0 Å². The molecule has 1 aromatic rings. The van der Waals surface area contributed by atoms with E-state index in [9.17, 15) is 14.7 Å². The van der Waals surface area contributed by atoms with Gasteiger partial charge in [0.2, 0.25) is 5.91 Å². The van der Waals surface area contributed by atoms with Crippen LogP contribution in [0.25, 0.3) is 0 Å². The minimum Gasteiger partial charge on any atom is -0.481 e. The van der Waals surface area contributed by atoms with Gasteiger partial charge in [0.15, 0.2) is 0 Å². The summed E-state index contributed by atoms with van der Waals surface area (Å²) in [6.07, 6.45) is 0.691. The van der Waals surface area contributed by atoms with Gasteiger partial charge in [-0.2, -0.15) is 0 Å². The molecule has 0 radical (unpaired) electrons. The van der Waals surface area contributed by atoms with Crippen LogP contribution in [0.3, 0.4) is 0 Å². The van der Waals surface area contributed by atoms with Crippen molar-refractivity contribution in [3.05, 3.63) is 16.1 Å². The van der Waals surface area contributed by atoms with E-state index in [-0.39, 0.29) is 11.9 Å². The van der Waals surface area contributed by atoms with Crippen LogP contribution >= 0.6 is 11.3 Å². The third kappa shape index (κ3) is 2.63. The lowest BCUT2D eigenvalue weighted by Crippen LogP contribution is -2.48. The first-order chi connectivity index (χ1) is 8.91. The lowest BCUT2D eigenvalue weighted by atomic mass is 9.88. The Morgan fingerprint density at radius 3 is 2.74 bits per heavy atom. The molecule has 6 heteroatoms. The molecule has 19 heavy (non-hydrogen) atoms. The summed E-state index contributed by atoms with van der Waals surface area (Å²) >= 11 is 1.43. The molecule has 1 N–H and O–H groups in total. The number of rotatable bonds is 3. The van der Waals surface area contributed by atoms with Gasteiger partial charge in [-0.1, -0.05) is 0 Å². The summed E-state index contributed by atoms with van der Waals surface area (Å²) in [6, 6.07) is -0.457. The second kappa shape index (κ2) is 5.28. The van der Waals surface area contributed by atoms with Crippen molar-refractivity contribution in [1.82, 2.24) is 9.88 Å². The second-order valence-corrected chi connectivity index (χ2v) is 6.04. The van der Waals surface area contributed by atoms with Gasteiger partial charge in [-0.3, -0.25) is 9.59 Å². The van der Waals surface area contributed by atoms with E-state index in [0.717, 1.165) is 10.7 Å². The SMILES string of the molecule is Cc1csc(C2C(C(=O)O)CCC(=O)N2C(C)C)n1. The molecule has 1 amide bonds. The zero-order chi connectivity index (χ0) is 14.2. The first kappa shape index (κ1) is 14.0. The molecule has 0 saturated carbocycles. The number of nitrogens with zero attached hydrogens (tertiary/aromatic N) is 2. The van der Waals surface area contributed by atoms with Crippen LogP contribution in [0.2, 0.25) is 0 Å². The maximum Gasteiger partial charge on any atom is 0.309 e. The highest BCUT2D eigenvalue weighted by molar-refractivity contribution is 7.09. The number of carbonyl (C=O) groups excluding carboxylic acids is 1. The molecule has 1 fully saturated rings. The summed E-state index contributed by atoms with van der Waals surface area (Å²) in [5, 5.41) is 12.0. The molecule has 1 saturated heterocycles. The van der Waals surface area contributed by atoms with Crippen LogP contribution in [0, 0.1) is 12.8 Å². The van der Waals surface area contributed by atoms with Crippen molar-refractivity contribution in [2.75, 3.05) is 0 Å². The average molecular weight is 282 g/mol. The van der Waals surface area contributed by atoms with Crippen LogP contribution < -0.4 is 0 Å². The number of likely N-dealkylation sites (tertiary alicyclic amines) is 1. The normalized spacial score (nSPS) is 24.0. The Hall–Kier alpha value is -1.43. The number of aromatic nitrogens is 1. The van der Waals surface area contributed by atoms with Crippen molar-refractivity contribution in [3.8, 4) is 0 Å². The summed E-state index contributed by atoms with van der Waals surface area (Å²) in [6.45, 7) is 5.70. The molecule has 0 bridgehead atoms. The van der Waals surface area contributed by atoms with E-state index in [1.165, 1.54) is 11.3 Å². The summed E-state index contributed by atoms with van der Waals surface area (Å²) in [5.41, 5.74) is 0.867. The average Bonchev–Trinajstić information content (AvgIpc) is 2.74. The lowest BCUT2D eigenvalue weighted by Gasteiger charge is -2.40. The van der Waals surface area contributed by atoms with Gasteiger partial charge in [-0.05, 0) is 27.2 Å². The van der Waals surface area contributed by atoms with Crippen LogP contribution in [-0.2, 0) is 9.59 Å². The van der Waals surface area contributed by atoms with Crippen LogP contribution in [0.1, 0.15) is 43.4 Å². The fourth-order valence-electron chi connectivity index (χ4n) is 2.58. The molecule has 2 atom stereocenters. The third-order valence-electron chi connectivity index (χ3n) is 3.40. The van der Waals surface area contributed by atoms with E-state index in [2.05, 4.69) is 4.98 Å². The number of amides is 1. The molecule has 0 spiro atoms. The minimum absolute atomic E-state index is 0.0188. The highest BCUT2D eigenvalue weighted by Crippen LogP contribution is 2.39. The first-order valence-electron chi connectivity index (χ1n) is 6.37. The standard InChI is InChI=1S/C13H18N2O3S/c1-7(2)15-10(16)5-4-9(13(17)18)11(15)12-14-8(3)6-19-12/h6-7,9,11H,4-5H2,1-3H3,(H,17,18). The molecular weight excluding hydrogens is 264 g/mol. The van der Waals surface area contributed by atoms with Gasteiger partial charge in [0.05, 0.1) is 12.0 Å². The predicted molar refractivity (Wildman–Crippen MR) is 71.9 cm³/mol. The molecule has 5 nitrogen and oxygen atoms in total. The van der Waals surface area contributed by atoms with E-state index < -0.39 is 17.9 Å². The minimum atomic E-state index is -0.851. The maximum absolute atomic E-state index is 12.1. The summed E-state index contributed by atoms with van der Waals surface area (Å²) in [4.78, 5) is 29.6. The molecule has 1 aliphatic rings. The van der Waals surface area contributed by atoms with Crippen molar-refractivity contribution in [2.24, 2.45) is 5.92 Å². The number of carbonyl (C=O) groups is 2. The second-order valence-electron chi connectivity index (χ2n) is 5.15. The van der Waals surface area contributed by atoms with E-state index in [1.807, 2.05) is 26.2 Å². The van der Waals surface area contributed by atoms with Crippen LogP contribution in [0.5, 0.6) is 0 Å². The highest BCUT2D eigenvalue weighted by atomic mass is 32.1. The van der Waals surface area contributed by atoms with Gasteiger partial charge in [0, 0.05) is 23.5 Å². The largest absolute Gasteiger partial charge is 0.481 e. The zero-order valence-corrected chi connectivity index (χ0v) is 12.1. The summed E-state index contributed by atoms with van der Waals surface area (Å²) in [5.74, 6) is -1.40. The Bertz CT molecular complexity index is 498. The van der Waals surface area contributed by atoms with Crippen LogP contribution in [-0.4, -0.2) is 32.9 Å². The molecular formula is C13H18N2O3S. The summed E-state index contributed by atoms with van der Waals surface area (Å²) < 4.78 is 0. The topological polar surface area (TPSA) is 70.5 Å². The Morgan fingerprint density at radius 1 is 1.58 bits per heavy atom. The predicted octanol–water partition coefficient (Wildman–Crippen LogP) is 2.22. The third-order valence-corrected chi connectivity index (χ3v) is 4.43. The first-order valence-corrected chi connectivity index (χ1v) is 7.25. The Labute approximate surface area is 116 Å². The maximum atomic E-state index is 12.1. The quantitative estimate of drug-likeness (QED) is 0.923. The fraction of sp³-hybridized carbons (Fsp3) is 0.615. The number of aryl methyl sites for hydroxylation is 1. The number of carboxylic acid groups (broad SMARTS) is 1. The van der Waals surface area contributed by atoms with Crippen LogP contribution in [0.4, 0.5) is 0 Å². The Balaban J connectivity index is 2.43. The molecule has 1 aromatic heterocycles. The van der Waals surface area contributed by atoms with E-state index >= 15 is 0 Å². The number of thiazole rings is 1. The highest BCUT2D eigenvalue weighted by Gasteiger charge is 2.43. The molecule has 2 rings (SSSR count). The Morgan fingerprint density at radius 2 is 2.26 bits per heavy atom. The van der Waals surface area contributed by atoms with E-state index in [0.29, 0.717) is 12.8 Å². The fourth-order valence-corrected chi connectivity index (χ4v) is 3.54. The summed E-state index contributed by atoms with van der Waals surface area (Å²) in [7, 11) is 0. The van der Waals surface area contributed by atoms with Gasteiger partial charge < -0.3 is 10.0 Å². The number of carboxylic acids is 1. The zero-order valence-electron chi connectivity index (χ0n) is 11.3. The van der Waals surface area contributed by atoms with Crippen molar-refractivity contribution < 1.29 is 14.7 Å². The molecule has 0 aliphatic carbocycles. The van der Waals surface area contributed by atoms with Gasteiger partial charge in [-0.15, -0.1) is 11.3 Å². The van der Waals surface area contributed by atoms with Gasteiger partial charge >= 0.3 is 5.97 Å². The van der Waals surface area contributed by atoms with Gasteiger partial charge in [-0.25, -0.2) is 4.98 Å². The number of piperidine rings is 1. The molecule has 2 heterocycles. The van der Waals surface area contributed by atoms with Gasteiger partial charge in [0.1, 0.15) is 5.01 Å². The number of hydrogen-bond donors (Lipinski definition) is 1. The molecule has 104 valence electrons. The van der Waals surface area contributed by atoms with Gasteiger partial charge in [0.25, 0.3) is 0 Å². The van der Waals surface area contributed by atoms with Crippen molar-refractivity contribution >= 4 is 23.2 Å². The smallest absolute Gasteiger partial charge is 0.309 e.